The topological polar surface area (TPSA) is 90.7 Å². The number of H-pyrrole nitrogens is 1. The lowest BCUT2D eigenvalue weighted by Gasteiger charge is -2.18. The fraction of sp³-hybridized carbons (Fsp3) is 0.522. The van der Waals surface area contributed by atoms with E-state index < -0.39 is 11.2 Å². The van der Waals surface area contributed by atoms with Crippen LogP contribution in [0, 0.1) is 0 Å². The summed E-state index contributed by atoms with van der Waals surface area (Å²) in [6.45, 7) is 11.5. The molecule has 0 aliphatic rings. The lowest BCUT2D eigenvalue weighted by molar-refractivity contribution is 0.294. The molecule has 1 aromatic heterocycles. The Bertz CT molecular complexity index is 943. The van der Waals surface area contributed by atoms with E-state index in [2.05, 4.69) is 23.7 Å². The molecule has 0 amide bonds. The average Bonchev–Trinajstić information content (AvgIpc) is 2.74. The van der Waals surface area contributed by atoms with E-state index in [0.29, 0.717) is 12.1 Å². The van der Waals surface area contributed by atoms with Crippen molar-refractivity contribution < 1.29 is 5.11 Å². The third kappa shape index (κ3) is 6.16. The molecule has 0 fully saturated rings. The molecule has 2 N–H and O–H groups in total. The number of nitrogens with zero attached hydrogens (tertiary/aromatic N) is 3. The fourth-order valence-corrected chi connectivity index (χ4v) is 3.55. The molecule has 1 atom stereocenters. The van der Waals surface area contributed by atoms with Crippen LogP contribution < -0.4 is 11.2 Å². The van der Waals surface area contributed by atoms with Gasteiger partial charge in [0.1, 0.15) is 5.56 Å². The third-order valence-electron chi connectivity index (χ3n) is 5.35. The Labute approximate surface area is 178 Å². The first-order valence-corrected chi connectivity index (χ1v) is 10.8. The number of aromatic amines is 1. The van der Waals surface area contributed by atoms with Gasteiger partial charge in [-0.1, -0.05) is 51.1 Å². The molecule has 2 aromatic rings. The predicted octanol–water partition coefficient (Wildman–Crippen LogP) is 3.00. The summed E-state index contributed by atoms with van der Waals surface area (Å²) in [5.74, 6) is -0.330. The maximum absolute atomic E-state index is 12.5. The highest BCUT2D eigenvalue weighted by Crippen LogP contribution is 2.16. The molecule has 0 spiro atoms. The van der Waals surface area contributed by atoms with Gasteiger partial charge < -0.3 is 10.0 Å². The standard InChI is InChI=1S/C23H34N4O3/c1-5-19(24-17(4)12-11-15-26(6-2)7-3)20-21(28)25-23(30)27(22(20)29)16-18-13-9-8-10-14-18/h8-10,13-14,17,29H,5-7,11-12,15-16H2,1-4H3,(H,25,28,30)/t17-/m1/s1. The lowest BCUT2D eigenvalue weighted by atomic mass is 10.1. The highest BCUT2D eigenvalue weighted by atomic mass is 16.3. The Balaban J connectivity index is 2.28. The monoisotopic (exact) mass is 414 g/mol. The second-order valence-electron chi connectivity index (χ2n) is 7.48. The summed E-state index contributed by atoms with van der Waals surface area (Å²) < 4.78 is 1.18. The SMILES string of the molecule is CCC(=N[C@H](C)CCCN(CC)CC)c1c(O)n(Cc2ccccc2)c(=O)[nH]c1=O. The maximum atomic E-state index is 12.5. The largest absolute Gasteiger partial charge is 0.494 e. The van der Waals surface area contributed by atoms with Crippen molar-refractivity contribution in [1.29, 1.82) is 0 Å². The summed E-state index contributed by atoms with van der Waals surface area (Å²) in [6, 6.07) is 9.36. The van der Waals surface area contributed by atoms with Crippen molar-refractivity contribution >= 4 is 5.71 Å². The summed E-state index contributed by atoms with van der Waals surface area (Å²) in [5.41, 5.74) is 0.229. The molecule has 1 aromatic carbocycles. The molecule has 164 valence electrons. The van der Waals surface area contributed by atoms with Gasteiger partial charge in [0.15, 0.2) is 0 Å². The molecule has 7 nitrogen and oxygen atoms in total. The number of aromatic hydroxyl groups is 1. The molecule has 0 aliphatic heterocycles. The molecule has 7 heteroatoms. The number of rotatable bonds is 11. The summed E-state index contributed by atoms with van der Waals surface area (Å²) in [7, 11) is 0. The Kier molecular flexibility index (Phi) is 9.05. The Morgan fingerprint density at radius 1 is 1.17 bits per heavy atom. The van der Waals surface area contributed by atoms with E-state index in [0.717, 1.165) is 38.0 Å². The van der Waals surface area contributed by atoms with Crippen molar-refractivity contribution in [2.45, 2.75) is 59.5 Å². The van der Waals surface area contributed by atoms with E-state index in [1.807, 2.05) is 44.2 Å². The Morgan fingerprint density at radius 3 is 2.43 bits per heavy atom. The van der Waals surface area contributed by atoms with Crippen LogP contribution in [0.2, 0.25) is 0 Å². The zero-order valence-electron chi connectivity index (χ0n) is 18.5. The van der Waals surface area contributed by atoms with Crippen LogP contribution in [-0.2, 0) is 6.54 Å². The zero-order valence-corrected chi connectivity index (χ0v) is 18.5. The number of aliphatic imine (C=N–C) groups is 1. The van der Waals surface area contributed by atoms with Gasteiger partial charge in [0.05, 0.1) is 12.3 Å². The smallest absolute Gasteiger partial charge is 0.331 e. The van der Waals surface area contributed by atoms with Gasteiger partial charge in [0.2, 0.25) is 5.88 Å². The zero-order chi connectivity index (χ0) is 22.1. The van der Waals surface area contributed by atoms with Gasteiger partial charge in [-0.2, -0.15) is 0 Å². The maximum Gasteiger partial charge on any atom is 0.331 e. The number of aromatic nitrogens is 2. The molecular formula is C23H34N4O3. The minimum Gasteiger partial charge on any atom is -0.494 e. The van der Waals surface area contributed by atoms with Crippen molar-refractivity contribution in [3.8, 4) is 5.88 Å². The molecule has 0 aliphatic carbocycles. The Hall–Kier alpha value is -2.67. The predicted molar refractivity (Wildman–Crippen MR) is 122 cm³/mol. The first-order chi connectivity index (χ1) is 14.4. The van der Waals surface area contributed by atoms with Gasteiger partial charge in [0.25, 0.3) is 5.56 Å². The van der Waals surface area contributed by atoms with Crippen LogP contribution in [0.15, 0.2) is 44.9 Å². The van der Waals surface area contributed by atoms with Crippen molar-refractivity contribution in [2.24, 2.45) is 4.99 Å². The first-order valence-electron chi connectivity index (χ1n) is 10.8. The lowest BCUT2D eigenvalue weighted by Crippen LogP contribution is -2.34. The number of nitrogens with one attached hydrogen (secondary N) is 1. The van der Waals surface area contributed by atoms with Gasteiger partial charge in [-0.15, -0.1) is 0 Å². The number of hydrogen-bond donors (Lipinski definition) is 2. The highest BCUT2D eigenvalue weighted by molar-refractivity contribution is 6.02. The van der Waals surface area contributed by atoms with E-state index in [-0.39, 0.29) is 24.0 Å². The third-order valence-corrected chi connectivity index (χ3v) is 5.35. The van der Waals surface area contributed by atoms with Crippen LogP contribution in [0.25, 0.3) is 0 Å². The molecular weight excluding hydrogens is 380 g/mol. The summed E-state index contributed by atoms with van der Waals surface area (Å²) in [6.07, 6.45) is 2.39. The van der Waals surface area contributed by atoms with Gasteiger partial charge in [-0.3, -0.25) is 19.3 Å². The average molecular weight is 415 g/mol. The molecule has 0 radical (unpaired) electrons. The molecule has 0 unspecified atom stereocenters. The van der Waals surface area contributed by atoms with Crippen molar-refractivity contribution in [2.75, 3.05) is 19.6 Å². The molecule has 0 bridgehead atoms. The quantitative estimate of drug-likeness (QED) is 0.553. The molecule has 0 saturated heterocycles. The normalized spacial score (nSPS) is 13.0. The van der Waals surface area contributed by atoms with Crippen LogP contribution in [0.4, 0.5) is 0 Å². The van der Waals surface area contributed by atoms with Gasteiger partial charge >= 0.3 is 5.69 Å². The Morgan fingerprint density at radius 2 is 1.83 bits per heavy atom. The first kappa shape index (κ1) is 23.6. The summed E-state index contributed by atoms with van der Waals surface area (Å²) >= 11 is 0. The van der Waals surface area contributed by atoms with Crippen LogP contribution in [0.3, 0.4) is 0 Å². The van der Waals surface area contributed by atoms with Crippen molar-refractivity contribution in [3.63, 3.8) is 0 Å². The van der Waals surface area contributed by atoms with Crippen LogP contribution in [-0.4, -0.2) is 50.9 Å². The van der Waals surface area contributed by atoms with E-state index in [1.54, 1.807) is 0 Å². The van der Waals surface area contributed by atoms with Crippen molar-refractivity contribution in [1.82, 2.24) is 14.5 Å². The number of benzene rings is 1. The summed E-state index contributed by atoms with van der Waals surface area (Å²) in [4.78, 5) is 34.2. The second kappa shape index (κ2) is 11.5. The molecule has 1 heterocycles. The minimum atomic E-state index is -0.632. The minimum absolute atomic E-state index is 0.0174. The van der Waals surface area contributed by atoms with E-state index in [4.69, 9.17) is 4.99 Å². The molecule has 30 heavy (non-hydrogen) atoms. The number of hydrogen-bond acceptors (Lipinski definition) is 5. The van der Waals surface area contributed by atoms with E-state index >= 15 is 0 Å². The second-order valence-corrected chi connectivity index (χ2v) is 7.48. The fourth-order valence-electron chi connectivity index (χ4n) is 3.55. The van der Waals surface area contributed by atoms with Crippen LogP contribution in [0.1, 0.15) is 58.1 Å². The van der Waals surface area contributed by atoms with Crippen LogP contribution >= 0.6 is 0 Å². The van der Waals surface area contributed by atoms with Gasteiger partial charge in [-0.05, 0) is 51.4 Å². The molecule has 0 saturated carbocycles. The summed E-state index contributed by atoms with van der Waals surface area (Å²) in [5, 5.41) is 10.8. The highest BCUT2D eigenvalue weighted by Gasteiger charge is 2.19. The molecule has 2 rings (SSSR count). The van der Waals surface area contributed by atoms with Crippen LogP contribution in [0.5, 0.6) is 5.88 Å². The van der Waals surface area contributed by atoms with E-state index in [1.165, 1.54) is 4.57 Å². The van der Waals surface area contributed by atoms with Gasteiger partial charge in [0, 0.05) is 6.04 Å². The van der Waals surface area contributed by atoms with Gasteiger partial charge in [-0.25, -0.2) is 4.79 Å². The van der Waals surface area contributed by atoms with E-state index in [9.17, 15) is 14.7 Å². The van der Waals surface area contributed by atoms with Crippen molar-refractivity contribution in [3.05, 3.63) is 62.3 Å².